The van der Waals surface area contributed by atoms with Crippen molar-refractivity contribution in [3.8, 4) is 24.3 Å². The van der Waals surface area contributed by atoms with Crippen LogP contribution in [0.1, 0.15) is 12.5 Å². The van der Waals surface area contributed by atoms with Crippen LogP contribution in [-0.2, 0) is 5.41 Å². The molecule has 0 unspecified atom stereocenters. The van der Waals surface area contributed by atoms with Gasteiger partial charge in [0.25, 0.3) is 0 Å². The van der Waals surface area contributed by atoms with Gasteiger partial charge in [-0.15, -0.1) is 0 Å². The number of nitriles is 4. The van der Waals surface area contributed by atoms with Crippen LogP contribution in [0.5, 0.6) is 0 Å². The lowest BCUT2D eigenvalue weighted by molar-refractivity contribution is 0.617. The standard InChI is InChI=1S/C14H7FN4/c1-12(10-2-4-11(15)5-3-10)13(6-16,7-17)14(12,8-18)9-19/h2-5H,1H3. The Kier molecular flexibility index (Phi) is 2.35. The minimum atomic E-state index is -1.73. The molecule has 1 aromatic carbocycles. The Morgan fingerprint density at radius 1 is 0.842 bits per heavy atom. The first-order valence-electron chi connectivity index (χ1n) is 5.40. The Bertz CT molecular complexity index is 640. The molecule has 1 aliphatic rings. The highest BCUT2D eigenvalue weighted by Crippen LogP contribution is 2.77. The normalized spacial score (nSPS) is 20.1. The third-order valence-electron chi connectivity index (χ3n) is 4.09. The molecule has 0 heterocycles. The van der Waals surface area contributed by atoms with E-state index in [1.54, 1.807) is 24.3 Å². The lowest BCUT2D eigenvalue weighted by Gasteiger charge is -2.11. The lowest BCUT2D eigenvalue weighted by Crippen LogP contribution is -2.13. The van der Waals surface area contributed by atoms with E-state index in [-0.39, 0.29) is 0 Å². The quantitative estimate of drug-likeness (QED) is 0.762. The third-order valence-corrected chi connectivity index (χ3v) is 4.09. The molecule has 0 spiro atoms. The minimum Gasteiger partial charge on any atom is -0.207 e. The van der Waals surface area contributed by atoms with Crippen LogP contribution in [0.25, 0.3) is 0 Å². The van der Waals surface area contributed by atoms with E-state index in [0.29, 0.717) is 5.56 Å². The smallest absolute Gasteiger partial charge is 0.188 e. The molecule has 5 heteroatoms. The van der Waals surface area contributed by atoms with Crippen molar-refractivity contribution in [3.05, 3.63) is 35.6 Å². The van der Waals surface area contributed by atoms with Gasteiger partial charge in [-0.3, -0.25) is 0 Å². The minimum absolute atomic E-state index is 0.431. The van der Waals surface area contributed by atoms with E-state index in [2.05, 4.69) is 0 Å². The van der Waals surface area contributed by atoms with Crippen LogP contribution < -0.4 is 0 Å². The fourth-order valence-corrected chi connectivity index (χ4v) is 2.77. The molecule has 0 aromatic heterocycles. The molecule has 0 atom stereocenters. The van der Waals surface area contributed by atoms with Crippen LogP contribution in [0, 0.1) is 62.0 Å². The number of benzene rings is 1. The van der Waals surface area contributed by atoms with E-state index in [1.807, 2.05) is 0 Å². The molecule has 1 aromatic rings. The molecular weight excluding hydrogens is 243 g/mol. The lowest BCUT2D eigenvalue weighted by atomic mass is 9.88. The summed E-state index contributed by atoms with van der Waals surface area (Å²) in [6, 6.07) is 12.3. The summed E-state index contributed by atoms with van der Waals surface area (Å²) in [7, 11) is 0. The molecule has 0 aliphatic heterocycles. The summed E-state index contributed by atoms with van der Waals surface area (Å²) < 4.78 is 12.9. The topological polar surface area (TPSA) is 95.2 Å². The Morgan fingerprint density at radius 3 is 1.53 bits per heavy atom. The maximum Gasteiger partial charge on any atom is 0.188 e. The second kappa shape index (κ2) is 3.55. The first-order valence-corrected chi connectivity index (χ1v) is 5.40. The van der Waals surface area contributed by atoms with Gasteiger partial charge >= 0.3 is 0 Å². The van der Waals surface area contributed by atoms with Gasteiger partial charge in [0.15, 0.2) is 10.8 Å². The highest BCUT2D eigenvalue weighted by Gasteiger charge is 2.90. The van der Waals surface area contributed by atoms with Gasteiger partial charge < -0.3 is 0 Å². The van der Waals surface area contributed by atoms with Crippen LogP contribution in [0.3, 0.4) is 0 Å². The van der Waals surface area contributed by atoms with Crippen molar-refractivity contribution >= 4 is 0 Å². The Morgan fingerprint density at radius 2 is 1.21 bits per heavy atom. The predicted octanol–water partition coefficient (Wildman–Crippen LogP) is 2.16. The average molecular weight is 250 g/mol. The molecule has 4 nitrogen and oxygen atoms in total. The zero-order valence-electron chi connectivity index (χ0n) is 9.98. The zero-order chi connectivity index (χ0) is 14.3. The SMILES string of the molecule is CC1(c2ccc(F)cc2)C(C#N)(C#N)C1(C#N)C#N. The largest absolute Gasteiger partial charge is 0.207 e. The van der Waals surface area contributed by atoms with Gasteiger partial charge in [0.2, 0.25) is 0 Å². The summed E-state index contributed by atoms with van der Waals surface area (Å²) in [6.45, 7) is 1.51. The molecule has 19 heavy (non-hydrogen) atoms. The van der Waals surface area contributed by atoms with E-state index in [0.717, 1.165) is 0 Å². The Balaban J connectivity index is 2.73. The first kappa shape index (κ1) is 12.6. The van der Waals surface area contributed by atoms with Gasteiger partial charge in [0, 0.05) is 0 Å². The van der Waals surface area contributed by atoms with Crippen molar-refractivity contribution in [3.63, 3.8) is 0 Å². The van der Waals surface area contributed by atoms with Gasteiger partial charge in [0.1, 0.15) is 5.82 Å². The number of hydrogen-bond acceptors (Lipinski definition) is 4. The van der Waals surface area contributed by atoms with Gasteiger partial charge in [-0.1, -0.05) is 19.1 Å². The van der Waals surface area contributed by atoms with Crippen molar-refractivity contribution in [1.82, 2.24) is 0 Å². The van der Waals surface area contributed by atoms with Gasteiger partial charge in [-0.25, -0.2) is 4.39 Å². The third kappa shape index (κ3) is 1.03. The molecule has 1 saturated carbocycles. The molecule has 0 N–H and O–H groups in total. The van der Waals surface area contributed by atoms with Crippen molar-refractivity contribution in [1.29, 1.82) is 21.0 Å². The van der Waals surface area contributed by atoms with Gasteiger partial charge in [-0.05, 0) is 17.7 Å². The van der Waals surface area contributed by atoms with E-state index in [4.69, 9.17) is 0 Å². The molecule has 0 saturated heterocycles. The summed E-state index contributed by atoms with van der Waals surface area (Å²) in [5, 5.41) is 37.0. The number of rotatable bonds is 1. The van der Waals surface area contributed by atoms with Crippen LogP contribution in [0.2, 0.25) is 0 Å². The first-order chi connectivity index (χ1) is 8.99. The van der Waals surface area contributed by atoms with Crippen LogP contribution in [0.15, 0.2) is 24.3 Å². The zero-order valence-corrected chi connectivity index (χ0v) is 9.98. The Labute approximate surface area is 109 Å². The second-order valence-corrected chi connectivity index (χ2v) is 4.58. The molecule has 1 fully saturated rings. The predicted molar refractivity (Wildman–Crippen MR) is 61.1 cm³/mol. The van der Waals surface area contributed by atoms with E-state index >= 15 is 0 Å². The molecule has 2 rings (SSSR count). The fraction of sp³-hybridized carbons (Fsp3) is 0.286. The highest BCUT2D eigenvalue weighted by atomic mass is 19.1. The molecule has 0 amide bonds. The van der Waals surface area contributed by atoms with Crippen LogP contribution >= 0.6 is 0 Å². The van der Waals surface area contributed by atoms with Crippen LogP contribution in [0.4, 0.5) is 4.39 Å². The summed E-state index contributed by atoms with van der Waals surface area (Å²) >= 11 is 0. The monoisotopic (exact) mass is 250 g/mol. The van der Waals surface area contributed by atoms with Crippen molar-refractivity contribution in [2.75, 3.05) is 0 Å². The van der Waals surface area contributed by atoms with Gasteiger partial charge in [0.05, 0.1) is 29.7 Å². The summed E-state index contributed by atoms with van der Waals surface area (Å²) in [5.74, 6) is -0.466. The van der Waals surface area contributed by atoms with Crippen LogP contribution in [-0.4, -0.2) is 0 Å². The highest BCUT2D eigenvalue weighted by molar-refractivity contribution is 5.64. The fourth-order valence-electron chi connectivity index (χ4n) is 2.77. The molecule has 0 radical (unpaired) electrons. The molecular formula is C14H7FN4. The van der Waals surface area contributed by atoms with Gasteiger partial charge in [-0.2, -0.15) is 21.0 Å². The Hall–Kier alpha value is -2.89. The number of halogens is 1. The summed E-state index contributed by atoms with van der Waals surface area (Å²) in [5.41, 5.74) is -4.29. The van der Waals surface area contributed by atoms with E-state index in [1.165, 1.54) is 31.2 Å². The van der Waals surface area contributed by atoms with Crippen molar-refractivity contribution in [2.45, 2.75) is 12.3 Å². The maximum atomic E-state index is 12.9. The number of hydrogen-bond donors (Lipinski definition) is 0. The van der Waals surface area contributed by atoms with E-state index in [9.17, 15) is 25.4 Å². The van der Waals surface area contributed by atoms with Crippen molar-refractivity contribution < 1.29 is 4.39 Å². The molecule has 90 valence electrons. The molecule has 1 aliphatic carbocycles. The number of nitrogens with zero attached hydrogens (tertiary/aromatic N) is 4. The van der Waals surface area contributed by atoms with E-state index < -0.39 is 22.1 Å². The average Bonchev–Trinajstić information content (AvgIpc) is 2.93. The molecule has 0 bridgehead atoms. The maximum absolute atomic E-state index is 12.9. The summed E-state index contributed by atoms with van der Waals surface area (Å²) in [4.78, 5) is 0. The summed E-state index contributed by atoms with van der Waals surface area (Å²) in [6.07, 6.45) is 0. The van der Waals surface area contributed by atoms with Crippen molar-refractivity contribution in [2.24, 2.45) is 10.8 Å². The second-order valence-electron chi connectivity index (χ2n) is 4.58.